The summed E-state index contributed by atoms with van der Waals surface area (Å²) in [6.45, 7) is 0. The van der Waals surface area contributed by atoms with Crippen molar-refractivity contribution in [3.8, 4) is 0 Å². The van der Waals surface area contributed by atoms with Crippen LogP contribution in [-0.4, -0.2) is 42.6 Å². The molecule has 0 aliphatic carbocycles. The molecular formula is C57H45EuN3O6. The number of nitrogen functional groups attached to an aromatic ring is 1. The Balaban J connectivity index is 0.000000166. The molecule has 331 valence electrons. The zero-order valence-electron chi connectivity index (χ0n) is 36.0. The Morgan fingerprint density at radius 3 is 0.985 bits per heavy atom. The van der Waals surface area contributed by atoms with Gasteiger partial charge in [0.2, 0.25) is 0 Å². The van der Waals surface area contributed by atoms with Gasteiger partial charge in [-0.2, -0.15) is 0 Å². The number of carbonyl (C=O) groups excluding carboxylic acids is 3. The van der Waals surface area contributed by atoms with Gasteiger partial charge >= 0.3 is 0 Å². The summed E-state index contributed by atoms with van der Waals surface area (Å²) in [4.78, 5) is 44.0. The monoisotopic (exact) mass is 1020 g/mol. The van der Waals surface area contributed by atoms with E-state index in [0.717, 1.165) is 27.5 Å². The fourth-order valence-corrected chi connectivity index (χ4v) is 6.31. The van der Waals surface area contributed by atoms with Crippen molar-refractivity contribution in [1.29, 1.82) is 0 Å². The molecule has 9 nitrogen and oxygen atoms in total. The van der Waals surface area contributed by atoms with E-state index in [0.29, 0.717) is 33.4 Å². The molecule has 5 N–H and O–H groups in total. The van der Waals surface area contributed by atoms with E-state index < -0.39 is 0 Å². The number of hydrogen-bond donors (Lipinski definition) is 4. The van der Waals surface area contributed by atoms with Crippen molar-refractivity contribution in [2.75, 3.05) is 5.73 Å². The first-order chi connectivity index (χ1) is 32.2. The molecule has 2 heterocycles. The molecule has 0 spiro atoms. The molecule has 67 heavy (non-hydrogen) atoms. The smallest absolute Gasteiger partial charge is 0.189 e. The van der Waals surface area contributed by atoms with Gasteiger partial charge in [-0.1, -0.05) is 188 Å². The molecule has 0 aliphatic rings. The van der Waals surface area contributed by atoms with Gasteiger partial charge in [0, 0.05) is 130 Å². The average Bonchev–Trinajstić information content (AvgIpc) is 3.38. The molecule has 9 aromatic rings. The van der Waals surface area contributed by atoms with Crippen LogP contribution in [0.1, 0.15) is 47.8 Å². The van der Waals surface area contributed by atoms with Crippen LogP contribution in [-0.2, 0) is 0 Å². The van der Waals surface area contributed by atoms with Gasteiger partial charge in [-0.3, -0.25) is 24.4 Å². The predicted molar refractivity (Wildman–Crippen MR) is 265 cm³/mol. The van der Waals surface area contributed by atoms with E-state index in [1.165, 1.54) is 18.2 Å². The number of aliphatic hydroxyl groups is 3. The number of carbonyl (C=O) groups is 3. The number of benzene rings is 7. The number of aromatic nitrogens is 2. The normalized spacial score (nSPS) is 11.0. The first-order valence-corrected chi connectivity index (χ1v) is 20.7. The molecule has 2 aromatic heterocycles. The summed E-state index contributed by atoms with van der Waals surface area (Å²) in [5, 5.41) is 31.4. The Kier molecular flexibility index (Phi) is 19.8. The number of aliphatic hydroxyl groups excluding tert-OH is 3. The van der Waals surface area contributed by atoms with Gasteiger partial charge in [0.05, 0.1) is 11.0 Å². The van der Waals surface area contributed by atoms with Crippen LogP contribution in [0.15, 0.2) is 243 Å². The Morgan fingerprint density at radius 2 is 0.657 bits per heavy atom. The number of nitrogens with two attached hydrogens (primary N) is 1. The molecule has 0 atom stereocenters. The van der Waals surface area contributed by atoms with Gasteiger partial charge in [0.1, 0.15) is 17.3 Å². The number of nitrogens with zero attached hydrogens (tertiary/aromatic N) is 2. The summed E-state index contributed by atoms with van der Waals surface area (Å²) < 4.78 is 0. The third-order valence-corrected chi connectivity index (χ3v) is 9.68. The van der Waals surface area contributed by atoms with Gasteiger partial charge in [0.25, 0.3) is 0 Å². The number of pyridine rings is 2. The van der Waals surface area contributed by atoms with E-state index >= 15 is 0 Å². The fourth-order valence-electron chi connectivity index (χ4n) is 6.31. The number of allylic oxidation sites excluding steroid dienone is 3. The van der Waals surface area contributed by atoms with E-state index in [1.807, 2.05) is 103 Å². The maximum Gasteiger partial charge on any atom is 0.189 e. The fraction of sp³-hybridized carbons (Fsp3) is 0. The zero-order valence-corrected chi connectivity index (χ0v) is 38.4. The number of rotatable bonds is 9. The van der Waals surface area contributed by atoms with E-state index in [9.17, 15) is 29.7 Å². The van der Waals surface area contributed by atoms with Gasteiger partial charge in [-0.05, 0) is 24.3 Å². The molecule has 10 heteroatoms. The van der Waals surface area contributed by atoms with Crippen LogP contribution in [0.5, 0.6) is 0 Å². The van der Waals surface area contributed by atoms with Crippen molar-refractivity contribution < 1.29 is 79.1 Å². The Bertz CT molecular complexity index is 2850. The minimum absolute atomic E-state index is 0. The van der Waals surface area contributed by atoms with Crippen molar-refractivity contribution in [3.63, 3.8) is 0 Å². The number of fused-ring (bicyclic) bond motifs is 3. The van der Waals surface area contributed by atoms with E-state index in [2.05, 4.69) is 9.97 Å². The van der Waals surface area contributed by atoms with E-state index in [1.54, 1.807) is 122 Å². The van der Waals surface area contributed by atoms with Crippen LogP contribution in [0.3, 0.4) is 0 Å². The van der Waals surface area contributed by atoms with Crippen LogP contribution < -0.4 is 5.73 Å². The van der Waals surface area contributed by atoms with E-state index in [4.69, 9.17) is 5.73 Å². The maximum atomic E-state index is 11.8. The molecular weight excluding hydrogens is 975 g/mol. The summed E-state index contributed by atoms with van der Waals surface area (Å²) in [7, 11) is 0. The van der Waals surface area contributed by atoms with E-state index in [-0.39, 0.29) is 84.0 Å². The quantitative estimate of drug-likeness (QED) is 0.0362. The second-order valence-electron chi connectivity index (χ2n) is 14.3. The number of hydrogen-bond acceptors (Lipinski definition) is 9. The molecule has 9 rings (SSSR count). The molecule has 0 unspecified atom stereocenters. The van der Waals surface area contributed by atoms with Crippen molar-refractivity contribution in [1.82, 2.24) is 9.97 Å². The van der Waals surface area contributed by atoms with Gasteiger partial charge in [0.15, 0.2) is 17.3 Å². The molecule has 0 saturated heterocycles. The molecule has 7 aromatic carbocycles. The van der Waals surface area contributed by atoms with Crippen molar-refractivity contribution in [3.05, 3.63) is 276 Å². The minimum atomic E-state index is -0.202. The Hall–Kier alpha value is -7.63. The first-order valence-electron chi connectivity index (χ1n) is 20.7. The van der Waals surface area contributed by atoms with Gasteiger partial charge in [-0.15, -0.1) is 0 Å². The summed E-state index contributed by atoms with van der Waals surface area (Å²) in [5.41, 5.74) is 12.1. The van der Waals surface area contributed by atoms with Crippen LogP contribution in [0, 0.1) is 49.4 Å². The number of anilines is 1. The summed E-state index contributed by atoms with van der Waals surface area (Å²) in [5.74, 6) is -0.649. The molecule has 0 fully saturated rings. The molecule has 0 aliphatic heterocycles. The van der Waals surface area contributed by atoms with Crippen LogP contribution in [0.25, 0.3) is 39.1 Å². The summed E-state index contributed by atoms with van der Waals surface area (Å²) in [6, 6.07) is 63.2. The maximum absolute atomic E-state index is 11.8. The topological polar surface area (TPSA) is 164 Å². The van der Waals surface area contributed by atoms with Crippen molar-refractivity contribution in [2.24, 2.45) is 0 Å². The zero-order chi connectivity index (χ0) is 46.5. The minimum Gasteiger partial charge on any atom is -0.507 e. The Labute approximate surface area is 429 Å². The second-order valence-corrected chi connectivity index (χ2v) is 14.3. The van der Waals surface area contributed by atoms with Crippen LogP contribution in [0.4, 0.5) is 5.69 Å². The number of ketones is 3. The van der Waals surface area contributed by atoms with Crippen LogP contribution in [0.2, 0.25) is 0 Å². The first kappa shape index (κ1) is 50.4. The Morgan fingerprint density at radius 1 is 0.373 bits per heavy atom. The largest absolute Gasteiger partial charge is 0.507 e. The third-order valence-electron chi connectivity index (χ3n) is 9.68. The van der Waals surface area contributed by atoms with Crippen molar-refractivity contribution >= 4 is 62.1 Å². The second kappa shape index (κ2) is 26.4. The summed E-state index contributed by atoms with van der Waals surface area (Å²) in [6.07, 6.45) is 7.25. The van der Waals surface area contributed by atoms with Gasteiger partial charge in [-0.25, -0.2) is 0 Å². The summed E-state index contributed by atoms with van der Waals surface area (Å²) >= 11 is 0. The predicted octanol–water partition coefficient (Wildman–Crippen LogP) is 12.8. The molecule has 0 amide bonds. The van der Waals surface area contributed by atoms with Crippen molar-refractivity contribution in [2.45, 2.75) is 0 Å². The molecule has 0 saturated carbocycles. The standard InChI is InChI=1S/3C15H12O2.C12H9N3.Eu/c3*16-14(12-7-3-1-4-8-12)11-15(17)13-9-5-2-6-10-13;13-10-7-8-3-1-5-14-11(8)12-9(10)4-2-6-15-12;/h3*1-11,16H;1-7H,13H2;. The average molecular weight is 1020 g/mol. The third kappa shape index (κ3) is 15.2. The SMILES string of the molecule is Nc1cc2cccnc2c2ncccc12.O=C(C=C(O)c1ccccc1)c1ccccc1.O=C(C=C(O)c1ccccc1)c1ccccc1.O=C(C=C(O)c1ccccc1)c1ccccc1.[Eu]. The van der Waals surface area contributed by atoms with Crippen LogP contribution >= 0.6 is 0 Å². The van der Waals surface area contributed by atoms with Gasteiger partial charge < -0.3 is 21.1 Å². The molecule has 1 radical (unpaired) electrons. The molecule has 0 bridgehead atoms.